The fraction of sp³-hybridized carbons (Fsp3) is 0.571. The van der Waals surface area contributed by atoms with Crippen molar-refractivity contribution in [2.75, 3.05) is 6.54 Å². The second-order valence-corrected chi connectivity index (χ2v) is 9.55. The number of benzene rings is 1. The zero-order valence-electron chi connectivity index (χ0n) is 16.8. The Labute approximate surface area is 160 Å². The molecule has 0 radical (unpaired) electrons. The van der Waals surface area contributed by atoms with E-state index in [1.807, 2.05) is 38.1 Å². The summed E-state index contributed by atoms with van der Waals surface area (Å²) in [5, 5.41) is 5.82. The minimum absolute atomic E-state index is 0.0508. The fourth-order valence-corrected chi connectivity index (χ4v) is 4.66. The van der Waals surface area contributed by atoms with Crippen molar-refractivity contribution in [3.05, 3.63) is 35.4 Å². The minimum Gasteiger partial charge on any atom is -0.350 e. The van der Waals surface area contributed by atoms with Crippen LogP contribution in [0.3, 0.4) is 0 Å². The van der Waals surface area contributed by atoms with E-state index in [1.165, 1.54) is 0 Å². The molecule has 3 rings (SSSR count). The molecule has 1 heterocycles. The summed E-state index contributed by atoms with van der Waals surface area (Å²) in [6.07, 6.45) is 2.05. The van der Waals surface area contributed by atoms with Crippen LogP contribution in [0.2, 0.25) is 0 Å². The van der Waals surface area contributed by atoms with Gasteiger partial charge in [-0.1, -0.05) is 45.0 Å². The molecule has 1 saturated heterocycles. The van der Waals surface area contributed by atoms with Crippen LogP contribution < -0.4 is 10.6 Å². The Kier molecular flexibility index (Phi) is 4.57. The molecular formula is C21H29N3O3. The van der Waals surface area contributed by atoms with Crippen molar-refractivity contribution < 1.29 is 14.4 Å². The number of rotatable bonds is 4. The number of amides is 4. The lowest BCUT2D eigenvalue weighted by Gasteiger charge is -2.33. The highest BCUT2D eigenvalue weighted by molar-refractivity contribution is 6.09. The van der Waals surface area contributed by atoms with Crippen LogP contribution in [0.25, 0.3) is 0 Å². The Bertz CT molecular complexity index is 794. The van der Waals surface area contributed by atoms with E-state index in [-0.39, 0.29) is 23.8 Å². The van der Waals surface area contributed by atoms with Crippen molar-refractivity contribution >= 4 is 17.8 Å². The highest BCUT2D eigenvalue weighted by Gasteiger charge is 2.55. The summed E-state index contributed by atoms with van der Waals surface area (Å²) in [7, 11) is 0. The molecule has 1 unspecified atom stereocenters. The van der Waals surface area contributed by atoms with Gasteiger partial charge in [0, 0.05) is 5.54 Å². The van der Waals surface area contributed by atoms with Crippen LogP contribution in [0.1, 0.15) is 58.6 Å². The Balaban J connectivity index is 1.73. The summed E-state index contributed by atoms with van der Waals surface area (Å²) in [6, 6.07) is 7.17. The predicted molar refractivity (Wildman–Crippen MR) is 103 cm³/mol. The molecule has 1 aromatic carbocycles. The highest BCUT2D eigenvalue weighted by Crippen LogP contribution is 2.41. The Morgan fingerprint density at radius 3 is 2.52 bits per heavy atom. The van der Waals surface area contributed by atoms with Gasteiger partial charge in [0.05, 0.1) is 0 Å². The number of aryl methyl sites for hydroxylation is 1. The molecule has 0 aromatic heterocycles. The zero-order valence-corrected chi connectivity index (χ0v) is 16.8. The van der Waals surface area contributed by atoms with Crippen LogP contribution in [0.15, 0.2) is 24.3 Å². The highest BCUT2D eigenvalue weighted by atomic mass is 16.2. The normalized spacial score (nSPS) is 22.2. The van der Waals surface area contributed by atoms with Gasteiger partial charge in [-0.15, -0.1) is 0 Å². The van der Waals surface area contributed by atoms with Gasteiger partial charge in [-0.2, -0.15) is 0 Å². The van der Waals surface area contributed by atoms with Gasteiger partial charge in [0.1, 0.15) is 12.1 Å². The summed E-state index contributed by atoms with van der Waals surface area (Å²) in [6.45, 7) is 9.98. The molecule has 2 N–H and O–H groups in total. The number of nitrogens with one attached hydrogen (secondary N) is 2. The lowest BCUT2D eigenvalue weighted by molar-refractivity contribution is -0.135. The molecule has 27 heavy (non-hydrogen) atoms. The smallest absolute Gasteiger partial charge is 0.325 e. The van der Waals surface area contributed by atoms with E-state index in [0.717, 1.165) is 28.9 Å². The molecule has 1 fully saturated rings. The van der Waals surface area contributed by atoms with Gasteiger partial charge >= 0.3 is 6.03 Å². The molecule has 0 saturated carbocycles. The molecule has 1 aliphatic heterocycles. The number of carbonyl (C=O) groups is 3. The van der Waals surface area contributed by atoms with Gasteiger partial charge < -0.3 is 10.6 Å². The van der Waals surface area contributed by atoms with Crippen molar-refractivity contribution in [3.8, 4) is 0 Å². The van der Waals surface area contributed by atoms with Crippen LogP contribution in [0, 0.1) is 5.41 Å². The maximum Gasteiger partial charge on any atom is 0.325 e. The van der Waals surface area contributed by atoms with Crippen LogP contribution in [-0.4, -0.2) is 34.8 Å². The van der Waals surface area contributed by atoms with Gasteiger partial charge in [-0.25, -0.2) is 4.79 Å². The van der Waals surface area contributed by atoms with Crippen LogP contribution >= 0.6 is 0 Å². The monoisotopic (exact) mass is 371 g/mol. The first kappa shape index (κ1) is 19.4. The number of imide groups is 1. The molecule has 6 heteroatoms. The maximum absolute atomic E-state index is 13.1. The molecule has 1 spiro atoms. The third kappa shape index (κ3) is 3.70. The van der Waals surface area contributed by atoms with E-state index < -0.39 is 17.1 Å². The van der Waals surface area contributed by atoms with E-state index in [0.29, 0.717) is 6.42 Å². The van der Waals surface area contributed by atoms with Gasteiger partial charge in [0.2, 0.25) is 5.91 Å². The summed E-state index contributed by atoms with van der Waals surface area (Å²) in [4.78, 5) is 39.2. The van der Waals surface area contributed by atoms with Crippen LogP contribution in [0.4, 0.5) is 4.79 Å². The molecule has 2 aliphatic rings. The van der Waals surface area contributed by atoms with Crippen molar-refractivity contribution in [1.82, 2.24) is 15.5 Å². The van der Waals surface area contributed by atoms with Gasteiger partial charge in [-0.3, -0.25) is 14.5 Å². The van der Waals surface area contributed by atoms with Gasteiger partial charge in [0.15, 0.2) is 0 Å². The fourth-order valence-electron chi connectivity index (χ4n) is 4.66. The number of hydrogen-bond acceptors (Lipinski definition) is 3. The molecule has 4 amide bonds. The van der Waals surface area contributed by atoms with Crippen molar-refractivity contribution in [1.29, 1.82) is 0 Å². The first-order chi connectivity index (χ1) is 12.4. The SMILES string of the molecule is CC(C)(C)CC(C)(C)NC(=O)CN1C(=O)NC2(CCc3ccccc32)C1=O. The van der Waals surface area contributed by atoms with Crippen LogP contribution in [0.5, 0.6) is 0 Å². The summed E-state index contributed by atoms with van der Waals surface area (Å²) >= 11 is 0. The topological polar surface area (TPSA) is 78.5 Å². The average Bonchev–Trinajstić information content (AvgIpc) is 2.99. The molecule has 0 bridgehead atoms. The third-order valence-corrected chi connectivity index (χ3v) is 5.17. The first-order valence-corrected chi connectivity index (χ1v) is 9.47. The first-order valence-electron chi connectivity index (χ1n) is 9.47. The van der Waals surface area contributed by atoms with Crippen molar-refractivity contribution in [2.24, 2.45) is 5.41 Å². The molecule has 1 aliphatic carbocycles. The van der Waals surface area contributed by atoms with Crippen molar-refractivity contribution in [2.45, 2.75) is 65.0 Å². The number of carbonyl (C=O) groups excluding carboxylic acids is 3. The third-order valence-electron chi connectivity index (χ3n) is 5.17. The Morgan fingerprint density at radius 2 is 1.85 bits per heavy atom. The molecule has 1 atom stereocenters. The van der Waals surface area contributed by atoms with Gasteiger partial charge in [-0.05, 0) is 49.7 Å². The number of nitrogens with zero attached hydrogens (tertiary/aromatic N) is 1. The molecule has 146 valence electrons. The Morgan fingerprint density at radius 1 is 1.19 bits per heavy atom. The standard InChI is InChI=1S/C21H29N3O3/c1-19(2,3)13-20(4,5)22-16(25)12-24-17(26)21(23-18(24)27)11-10-14-8-6-7-9-15(14)21/h6-9H,10-13H2,1-5H3,(H,22,25)(H,23,27). The van der Waals surface area contributed by atoms with Gasteiger partial charge in [0.25, 0.3) is 5.91 Å². The second kappa shape index (κ2) is 6.36. The number of fused-ring (bicyclic) bond motifs is 2. The average molecular weight is 371 g/mol. The van der Waals surface area contributed by atoms with E-state index in [2.05, 4.69) is 31.4 Å². The maximum atomic E-state index is 13.1. The molecule has 6 nitrogen and oxygen atoms in total. The second-order valence-electron chi connectivity index (χ2n) is 9.55. The molecule has 1 aromatic rings. The Hall–Kier alpha value is -2.37. The molecular weight excluding hydrogens is 342 g/mol. The predicted octanol–water partition coefficient (Wildman–Crippen LogP) is 2.71. The number of hydrogen-bond donors (Lipinski definition) is 2. The largest absolute Gasteiger partial charge is 0.350 e. The number of urea groups is 1. The minimum atomic E-state index is -1.02. The lowest BCUT2D eigenvalue weighted by Crippen LogP contribution is -2.50. The van der Waals surface area contributed by atoms with E-state index in [1.54, 1.807) is 0 Å². The lowest BCUT2D eigenvalue weighted by atomic mass is 9.82. The van der Waals surface area contributed by atoms with Crippen LogP contribution in [-0.2, 0) is 21.5 Å². The quantitative estimate of drug-likeness (QED) is 0.799. The summed E-state index contributed by atoms with van der Waals surface area (Å²) in [5.41, 5.74) is 0.527. The van der Waals surface area contributed by atoms with E-state index >= 15 is 0 Å². The zero-order chi connectivity index (χ0) is 20.0. The van der Waals surface area contributed by atoms with Crippen molar-refractivity contribution in [3.63, 3.8) is 0 Å². The summed E-state index contributed by atoms with van der Waals surface area (Å²) < 4.78 is 0. The summed E-state index contributed by atoms with van der Waals surface area (Å²) in [5.74, 6) is -0.655. The van der Waals surface area contributed by atoms with E-state index in [4.69, 9.17) is 0 Å². The van der Waals surface area contributed by atoms with E-state index in [9.17, 15) is 14.4 Å².